The minimum Gasteiger partial charge on any atom is -0.469 e. The van der Waals surface area contributed by atoms with Crippen LogP contribution in [0.2, 0.25) is 0 Å². The van der Waals surface area contributed by atoms with E-state index >= 15 is 0 Å². The molecule has 7 rings (SSSR count). The molecule has 8 nitrogen and oxygen atoms in total. The van der Waals surface area contributed by atoms with Crippen LogP contribution in [0.1, 0.15) is 58.8 Å². The third kappa shape index (κ3) is 2.92. The number of hydrogen-bond acceptors (Lipinski definition) is 8. The van der Waals surface area contributed by atoms with Gasteiger partial charge in [-0.25, -0.2) is 0 Å². The van der Waals surface area contributed by atoms with Crippen molar-refractivity contribution in [1.29, 1.82) is 0 Å². The molecule has 2 spiro atoms. The standard InChI is InChI=1S/C29H42O8/c1-16-18-9-10-19-27-15-36-29(34-5,28(19,22(16)31)25(18)33-4)23(32)21(27)26(2,3)14-17-8-11-20(37-24(17)27)35-13-7-6-12-30/h18-21,23,25,30,32H,1,6-15H2,2-5H3/t18-,19-,20+,21+,23-,25+,27-,28-,29-/m0/s1. The predicted octanol–water partition coefficient (Wildman–Crippen LogP) is 3.11. The molecule has 3 heterocycles. The fraction of sp³-hybridized carbons (Fsp3) is 0.828. The van der Waals surface area contributed by atoms with Crippen molar-refractivity contribution >= 4 is 5.78 Å². The van der Waals surface area contributed by atoms with Crippen LogP contribution < -0.4 is 0 Å². The molecule has 5 fully saturated rings. The average Bonchev–Trinajstić information content (AvgIpc) is 3.01. The molecule has 7 aliphatic rings. The van der Waals surface area contributed by atoms with Gasteiger partial charge in [-0.2, -0.15) is 0 Å². The lowest BCUT2D eigenvalue weighted by atomic mass is 9.36. The first kappa shape index (κ1) is 26.0. The number of carbonyl (C=O) groups is 1. The van der Waals surface area contributed by atoms with E-state index in [1.54, 1.807) is 14.2 Å². The number of methoxy groups -OCH3 is 2. The van der Waals surface area contributed by atoms with Gasteiger partial charge in [0.05, 0.1) is 24.7 Å². The molecule has 4 aliphatic carbocycles. The fourth-order valence-electron chi connectivity index (χ4n) is 9.85. The van der Waals surface area contributed by atoms with Crippen LogP contribution in [0.4, 0.5) is 0 Å². The first-order valence-electron chi connectivity index (χ1n) is 13.9. The van der Waals surface area contributed by atoms with E-state index in [4.69, 9.17) is 28.8 Å². The van der Waals surface area contributed by atoms with Crippen molar-refractivity contribution in [1.82, 2.24) is 0 Å². The van der Waals surface area contributed by atoms with E-state index in [1.165, 1.54) is 5.57 Å². The lowest BCUT2D eigenvalue weighted by molar-refractivity contribution is -0.450. The molecule has 206 valence electrons. The number of aliphatic hydroxyl groups is 2. The van der Waals surface area contributed by atoms with Crippen LogP contribution in [-0.4, -0.2) is 74.3 Å². The van der Waals surface area contributed by atoms with Gasteiger partial charge in [-0.15, -0.1) is 0 Å². The summed E-state index contributed by atoms with van der Waals surface area (Å²) in [5.74, 6) is -1.28. The van der Waals surface area contributed by atoms with Gasteiger partial charge in [0.25, 0.3) is 0 Å². The Bertz CT molecular complexity index is 1020. The Morgan fingerprint density at radius 2 is 1.95 bits per heavy atom. The molecule has 0 amide bonds. The summed E-state index contributed by atoms with van der Waals surface area (Å²) in [7, 11) is 3.19. The predicted molar refractivity (Wildman–Crippen MR) is 133 cm³/mol. The van der Waals surface area contributed by atoms with E-state index in [2.05, 4.69) is 20.4 Å². The van der Waals surface area contributed by atoms with Crippen LogP contribution in [0.5, 0.6) is 0 Å². The Labute approximate surface area is 219 Å². The van der Waals surface area contributed by atoms with Crippen LogP contribution in [0.25, 0.3) is 0 Å². The first-order valence-corrected chi connectivity index (χ1v) is 13.9. The van der Waals surface area contributed by atoms with Crippen molar-refractivity contribution < 1.29 is 38.7 Å². The number of rotatable bonds is 7. The highest BCUT2D eigenvalue weighted by molar-refractivity contribution is 6.05. The molecule has 2 N–H and O–H groups in total. The number of carbonyl (C=O) groups excluding carboxylic acids is 1. The number of hydrogen-bond donors (Lipinski definition) is 2. The van der Waals surface area contributed by atoms with Gasteiger partial charge in [0.2, 0.25) is 5.79 Å². The van der Waals surface area contributed by atoms with E-state index < -0.39 is 35.1 Å². The summed E-state index contributed by atoms with van der Waals surface area (Å²) in [6, 6.07) is 0. The van der Waals surface area contributed by atoms with Gasteiger partial charge >= 0.3 is 0 Å². The van der Waals surface area contributed by atoms with Crippen LogP contribution >= 0.6 is 0 Å². The van der Waals surface area contributed by atoms with Crippen molar-refractivity contribution in [2.75, 3.05) is 34.0 Å². The molecule has 0 aromatic rings. The zero-order valence-corrected chi connectivity index (χ0v) is 22.6. The molecule has 0 aromatic heterocycles. The quantitative estimate of drug-likeness (QED) is 0.392. The van der Waals surface area contributed by atoms with E-state index in [9.17, 15) is 9.90 Å². The molecule has 0 unspecified atom stereocenters. The van der Waals surface area contributed by atoms with E-state index in [1.807, 2.05) is 0 Å². The van der Waals surface area contributed by atoms with Gasteiger partial charge in [-0.05, 0) is 61.0 Å². The molecule has 3 aliphatic heterocycles. The van der Waals surface area contributed by atoms with Gasteiger partial charge in [-0.3, -0.25) is 4.79 Å². The summed E-state index contributed by atoms with van der Waals surface area (Å²) in [4.78, 5) is 14.3. The monoisotopic (exact) mass is 518 g/mol. The topological polar surface area (TPSA) is 104 Å². The minimum atomic E-state index is -1.51. The fourth-order valence-corrected chi connectivity index (χ4v) is 9.85. The van der Waals surface area contributed by atoms with Crippen LogP contribution in [-0.2, 0) is 28.5 Å². The molecular weight excluding hydrogens is 476 g/mol. The normalized spacial score (nSPS) is 47.4. The van der Waals surface area contributed by atoms with E-state index in [-0.39, 0.29) is 35.6 Å². The molecular formula is C29H42O8. The minimum absolute atomic E-state index is 0.0941. The molecule has 9 atom stereocenters. The molecule has 0 aromatic carbocycles. The van der Waals surface area contributed by atoms with Gasteiger partial charge in [-0.1, -0.05) is 20.4 Å². The maximum Gasteiger partial charge on any atom is 0.210 e. The first-order chi connectivity index (χ1) is 17.7. The second kappa shape index (κ2) is 8.60. The van der Waals surface area contributed by atoms with Crippen molar-refractivity contribution in [3.8, 4) is 0 Å². The summed E-state index contributed by atoms with van der Waals surface area (Å²) in [5.41, 5.74) is -0.361. The van der Waals surface area contributed by atoms with Crippen LogP contribution in [0.3, 0.4) is 0 Å². The molecule has 0 radical (unpaired) electrons. The third-order valence-electron chi connectivity index (χ3n) is 10.8. The Balaban J connectivity index is 1.51. The molecule has 37 heavy (non-hydrogen) atoms. The number of ether oxygens (including phenoxy) is 5. The highest BCUT2D eigenvalue weighted by Crippen LogP contribution is 2.78. The van der Waals surface area contributed by atoms with Crippen molar-refractivity contribution in [2.45, 2.75) is 83.1 Å². The largest absolute Gasteiger partial charge is 0.469 e. The van der Waals surface area contributed by atoms with E-state index in [0.29, 0.717) is 25.2 Å². The van der Waals surface area contributed by atoms with Crippen LogP contribution in [0, 0.1) is 34.0 Å². The summed E-state index contributed by atoms with van der Waals surface area (Å²) in [6.07, 6.45) is 3.51. The number of aliphatic hydroxyl groups excluding tert-OH is 2. The van der Waals surface area contributed by atoms with Gasteiger partial charge < -0.3 is 33.9 Å². The summed E-state index contributed by atoms with van der Waals surface area (Å²) < 4.78 is 31.8. The number of unbranched alkanes of at least 4 members (excludes halogenated alkanes) is 1. The van der Waals surface area contributed by atoms with Gasteiger partial charge in [0.1, 0.15) is 17.3 Å². The Kier molecular flexibility index (Phi) is 6.04. The van der Waals surface area contributed by atoms with Crippen molar-refractivity contribution in [2.24, 2.45) is 34.0 Å². The lowest BCUT2D eigenvalue weighted by Crippen LogP contribution is -2.84. The molecule has 3 saturated carbocycles. The van der Waals surface area contributed by atoms with Gasteiger partial charge in [0, 0.05) is 39.1 Å². The Hall–Kier alpha value is -1.29. The number of ketones is 1. The number of fused-ring (bicyclic) bond motifs is 2. The Morgan fingerprint density at radius 1 is 1.16 bits per heavy atom. The van der Waals surface area contributed by atoms with Gasteiger partial charge in [0.15, 0.2) is 12.1 Å². The summed E-state index contributed by atoms with van der Waals surface area (Å²) >= 11 is 0. The maximum atomic E-state index is 14.3. The third-order valence-corrected chi connectivity index (χ3v) is 10.8. The molecule has 2 saturated heterocycles. The summed E-state index contributed by atoms with van der Waals surface area (Å²) in [5, 5.41) is 21.4. The van der Waals surface area contributed by atoms with E-state index in [0.717, 1.165) is 44.3 Å². The molecule has 4 bridgehead atoms. The SMILES string of the molecule is C=C1C(=O)[C@]23[C@H](OC)[C@H]1CC[C@H]2[C@@]12CO[C@@]3(OC)[C@@H](O)[C@@H]1C(C)(C)CC1=C2O[C@@H](OCCCCO)CC1. The second-order valence-electron chi connectivity index (χ2n) is 12.7. The summed E-state index contributed by atoms with van der Waals surface area (Å²) in [6.45, 7) is 9.61. The van der Waals surface area contributed by atoms with Crippen molar-refractivity contribution in [3.63, 3.8) is 0 Å². The second-order valence-corrected chi connectivity index (χ2v) is 12.7. The maximum absolute atomic E-state index is 14.3. The smallest absolute Gasteiger partial charge is 0.210 e. The lowest BCUT2D eigenvalue weighted by Gasteiger charge is -2.74. The molecule has 8 heteroatoms. The van der Waals surface area contributed by atoms with Crippen LogP contribution in [0.15, 0.2) is 23.5 Å². The highest BCUT2D eigenvalue weighted by atomic mass is 16.7. The average molecular weight is 519 g/mol. The zero-order chi connectivity index (χ0) is 26.4. The number of Topliss-reactive ketones (excluding diaryl/α,β-unsaturated/α-hetero) is 1. The highest BCUT2D eigenvalue weighted by Gasteiger charge is 2.88. The van der Waals surface area contributed by atoms with Crippen molar-refractivity contribution in [3.05, 3.63) is 23.5 Å². The Morgan fingerprint density at radius 3 is 2.65 bits per heavy atom. The number of allylic oxidation sites excluding steroid dienone is 1. The zero-order valence-electron chi connectivity index (χ0n) is 22.6.